The highest BCUT2D eigenvalue weighted by molar-refractivity contribution is 5.94. The predicted molar refractivity (Wildman–Crippen MR) is 60.4 cm³/mol. The van der Waals surface area contributed by atoms with E-state index in [1.54, 1.807) is 0 Å². The van der Waals surface area contributed by atoms with Crippen LogP contribution in [0.4, 0.5) is 0 Å². The SMILES string of the molecule is CC[C@@H]1C[C@]2(C)C(=O)[C@@]1(C)[C@H]1C=C[C@@H]2C1. The van der Waals surface area contributed by atoms with Crippen LogP contribution in [0.5, 0.6) is 0 Å². The molecule has 0 aromatic carbocycles. The van der Waals surface area contributed by atoms with E-state index in [1.807, 2.05) is 0 Å². The van der Waals surface area contributed by atoms with E-state index in [4.69, 9.17) is 0 Å². The Morgan fingerprint density at radius 1 is 1.33 bits per heavy atom. The summed E-state index contributed by atoms with van der Waals surface area (Å²) in [7, 11) is 0. The van der Waals surface area contributed by atoms with Crippen LogP contribution in [-0.4, -0.2) is 5.78 Å². The largest absolute Gasteiger partial charge is 0.298 e. The van der Waals surface area contributed by atoms with Crippen molar-refractivity contribution >= 4 is 5.78 Å². The average molecular weight is 204 g/mol. The van der Waals surface area contributed by atoms with Crippen molar-refractivity contribution in [2.75, 3.05) is 0 Å². The molecule has 4 bridgehead atoms. The van der Waals surface area contributed by atoms with Crippen LogP contribution >= 0.6 is 0 Å². The zero-order valence-corrected chi connectivity index (χ0v) is 9.92. The zero-order valence-electron chi connectivity index (χ0n) is 9.92. The van der Waals surface area contributed by atoms with Gasteiger partial charge in [-0.3, -0.25) is 4.79 Å². The number of allylic oxidation sites excluding steroid dienone is 2. The van der Waals surface area contributed by atoms with Crippen molar-refractivity contribution in [1.82, 2.24) is 0 Å². The number of carbonyl (C=O) groups is 1. The van der Waals surface area contributed by atoms with Crippen LogP contribution in [0.25, 0.3) is 0 Å². The molecule has 0 aromatic rings. The Labute approximate surface area is 91.9 Å². The van der Waals surface area contributed by atoms with Crippen molar-refractivity contribution in [3.05, 3.63) is 12.2 Å². The molecule has 0 N–H and O–H groups in total. The summed E-state index contributed by atoms with van der Waals surface area (Å²) in [5, 5.41) is 0. The van der Waals surface area contributed by atoms with E-state index in [1.165, 1.54) is 6.42 Å². The summed E-state index contributed by atoms with van der Waals surface area (Å²) in [6, 6.07) is 0. The fraction of sp³-hybridized carbons (Fsp3) is 0.786. The van der Waals surface area contributed by atoms with Gasteiger partial charge in [0, 0.05) is 10.8 Å². The van der Waals surface area contributed by atoms with Crippen LogP contribution in [0.2, 0.25) is 0 Å². The van der Waals surface area contributed by atoms with Crippen LogP contribution in [0.15, 0.2) is 12.2 Å². The van der Waals surface area contributed by atoms with E-state index in [2.05, 4.69) is 32.9 Å². The quantitative estimate of drug-likeness (QED) is 0.599. The monoisotopic (exact) mass is 204 g/mol. The number of carbonyl (C=O) groups excluding carboxylic acids is 1. The number of rotatable bonds is 1. The Hall–Kier alpha value is -0.590. The molecule has 82 valence electrons. The minimum Gasteiger partial charge on any atom is -0.298 e. The first-order valence-corrected chi connectivity index (χ1v) is 6.26. The molecule has 0 aromatic heterocycles. The summed E-state index contributed by atoms with van der Waals surface area (Å²) in [6.45, 7) is 6.68. The summed E-state index contributed by atoms with van der Waals surface area (Å²) >= 11 is 0. The highest BCUT2D eigenvalue weighted by Gasteiger charge is 2.66. The summed E-state index contributed by atoms with van der Waals surface area (Å²) in [6.07, 6.45) is 8.17. The number of Topliss-reactive ketones (excluding diaryl/α,β-unsaturated/α-hetero) is 1. The molecule has 1 nitrogen and oxygen atoms in total. The summed E-state index contributed by atoms with van der Waals surface area (Å²) in [5.74, 6) is 2.26. The molecule has 0 saturated heterocycles. The molecule has 0 radical (unpaired) electrons. The van der Waals surface area contributed by atoms with Gasteiger partial charge >= 0.3 is 0 Å². The van der Waals surface area contributed by atoms with E-state index in [0.717, 1.165) is 12.8 Å². The Morgan fingerprint density at radius 2 is 2.00 bits per heavy atom. The third-order valence-corrected chi connectivity index (χ3v) is 5.69. The van der Waals surface area contributed by atoms with Crippen molar-refractivity contribution in [3.63, 3.8) is 0 Å². The molecule has 0 aliphatic heterocycles. The van der Waals surface area contributed by atoms with Gasteiger partial charge in [-0.1, -0.05) is 39.3 Å². The average Bonchev–Trinajstić information content (AvgIpc) is 2.73. The van der Waals surface area contributed by atoms with Gasteiger partial charge < -0.3 is 0 Å². The molecule has 3 aliphatic carbocycles. The molecule has 0 spiro atoms. The predicted octanol–water partition coefficient (Wildman–Crippen LogP) is 3.20. The van der Waals surface area contributed by atoms with Gasteiger partial charge in [0.15, 0.2) is 0 Å². The van der Waals surface area contributed by atoms with Gasteiger partial charge in [-0.25, -0.2) is 0 Å². The second-order valence-electron chi connectivity index (χ2n) is 6.17. The van der Waals surface area contributed by atoms with Gasteiger partial charge in [0.05, 0.1) is 0 Å². The van der Waals surface area contributed by atoms with Crippen molar-refractivity contribution in [3.8, 4) is 0 Å². The van der Waals surface area contributed by atoms with Gasteiger partial charge in [0.1, 0.15) is 5.78 Å². The topological polar surface area (TPSA) is 17.1 Å². The highest BCUT2D eigenvalue weighted by atomic mass is 16.1. The Morgan fingerprint density at radius 3 is 2.67 bits per heavy atom. The molecular formula is C14H20O. The molecule has 2 saturated carbocycles. The Bertz CT molecular complexity index is 356. The Kier molecular flexibility index (Phi) is 1.64. The summed E-state index contributed by atoms with van der Waals surface area (Å²) < 4.78 is 0. The first kappa shape index (κ1) is 9.62. The van der Waals surface area contributed by atoms with Crippen molar-refractivity contribution in [2.24, 2.45) is 28.6 Å². The number of fused-ring (bicyclic) bond motifs is 6. The van der Waals surface area contributed by atoms with Crippen LogP contribution in [-0.2, 0) is 4.79 Å². The van der Waals surface area contributed by atoms with E-state index in [9.17, 15) is 4.79 Å². The van der Waals surface area contributed by atoms with Crippen molar-refractivity contribution in [2.45, 2.75) is 40.0 Å². The third-order valence-electron chi connectivity index (χ3n) is 5.69. The first-order chi connectivity index (χ1) is 7.03. The Balaban J connectivity index is 2.16. The van der Waals surface area contributed by atoms with Gasteiger partial charge in [0.25, 0.3) is 0 Å². The normalized spacial score (nSPS) is 56.5. The highest BCUT2D eigenvalue weighted by Crippen LogP contribution is 2.66. The lowest BCUT2D eigenvalue weighted by atomic mass is 9.61. The fourth-order valence-electron chi connectivity index (χ4n) is 4.59. The minimum absolute atomic E-state index is 0.0288. The second-order valence-corrected chi connectivity index (χ2v) is 6.17. The maximum atomic E-state index is 12.6. The van der Waals surface area contributed by atoms with E-state index < -0.39 is 0 Å². The summed E-state index contributed by atoms with van der Waals surface area (Å²) in [5.41, 5.74) is -0.0636. The standard InChI is InChI=1S/C14H20O/c1-4-9-8-13(2)10-5-6-11(7-10)14(9,3)12(13)15/h5-6,9-11H,4,7-8H2,1-3H3/t9-,10-,11+,13+,14-/m1/s1. The smallest absolute Gasteiger partial charge is 0.146 e. The van der Waals surface area contributed by atoms with E-state index in [-0.39, 0.29) is 10.8 Å². The second kappa shape index (κ2) is 2.56. The lowest BCUT2D eigenvalue weighted by Gasteiger charge is -2.41. The molecule has 0 unspecified atom stereocenters. The van der Waals surface area contributed by atoms with Crippen LogP contribution < -0.4 is 0 Å². The lowest BCUT2D eigenvalue weighted by molar-refractivity contribution is -0.140. The number of hydrogen-bond acceptors (Lipinski definition) is 1. The molecule has 0 heterocycles. The van der Waals surface area contributed by atoms with Crippen LogP contribution in [0.1, 0.15) is 40.0 Å². The first-order valence-electron chi connectivity index (χ1n) is 6.26. The zero-order chi connectivity index (χ0) is 10.8. The van der Waals surface area contributed by atoms with Crippen LogP contribution in [0, 0.1) is 28.6 Å². The molecule has 3 aliphatic rings. The van der Waals surface area contributed by atoms with Crippen LogP contribution in [0.3, 0.4) is 0 Å². The molecule has 1 heteroatoms. The maximum absolute atomic E-state index is 12.6. The number of ketones is 1. The molecule has 5 atom stereocenters. The summed E-state index contributed by atoms with van der Waals surface area (Å²) in [4.78, 5) is 12.6. The van der Waals surface area contributed by atoms with E-state index >= 15 is 0 Å². The lowest BCUT2D eigenvalue weighted by Crippen LogP contribution is -2.45. The van der Waals surface area contributed by atoms with Gasteiger partial charge in [-0.2, -0.15) is 0 Å². The van der Waals surface area contributed by atoms with Gasteiger partial charge in [-0.05, 0) is 30.6 Å². The molecule has 3 rings (SSSR count). The maximum Gasteiger partial charge on any atom is 0.146 e. The third kappa shape index (κ3) is 0.847. The van der Waals surface area contributed by atoms with Gasteiger partial charge in [-0.15, -0.1) is 0 Å². The van der Waals surface area contributed by atoms with Crippen molar-refractivity contribution in [1.29, 1.82) is 0 Å². The number of hydrogen-bond donors (Lipinski definition) is 0. The molecule has 0 amide bonds. The van der Waals surface area contributed by atoms with Gasteiger partial charge in [0.2, 0.25) is 0 Å². The molecule has 15 heavy (non-hydrogen) atoms. The minimum atomic E-state index is -0.0347. The molecular weight excluding hydrogens is 184 g/mol. The molecule has 2 fully saturated rings. The van der Waals surface area contributed by atoms with E-state index in [0.29, 0.717) is 23.5 Å². The fourth-order valence-corrected chi connectivity index (χ4v) is 4.59. The van der Waals surface area contributed by atoms with Crippen molar-refractivity contribution < 1.29 is 4.79 Å².